The Balaban J connectivity index is 1.97. The summed E-state index contributed by atoms with van der Waals surface area (Å²) in [5, 5.41) is 3.40. The average Bonchev–Trinajstić information content (AvgIpc) is 2.85. The maximum Gasteiger partial charge on any atom is 0.0587 e. The molecule has 0 saturated carbocycles. The molecular weight excluding hydrogens is 238 g/mol. The maximum atomic E-state index is 5.01. The molecule has 0 aromatic heterocycles. The molecule has 114 valence electrons. The number of nitrogens with one attached hydrogen (secondary N) is 1. The van der Waals surface area contributed by atoms with Crippen LogP contribution in [0.1, 0.15) is 32.6 Å². The van der Waals surface area contributed by atoms with E-state index >= 15 is 0 Å². The summed E-state index contributed by atoms with van der Waals surface area (Å²) in [6, 6.07) is 0.801. The molecule has 1 unspecified atom stereocenters. The first-order chi connectivity index (χ1) is 9.27. The molecule has 1 atom stereocenters. The van der Waals surface area contributed by atoms with Gasteiger partial charge in [0.1, 0.15) is 0 Å². The van der Waals surface area contributed by atoms with Crippen LogP contribution in [-0.2, 0) is 4.74 Å². The Morgan fingerprint density at radius 2 is 2.16 bits per heavy atom. The number of likely N-dealkylation sites (N-methyl/N-ethyl adjacent to an activating group) is 2. The van der Waals surface area contributed by atoms with Gasteiger partial charge < -0.3 is 15.0 Å². The summed E-state index contributed by atoms with van der Waals surface area (Å²) in [4.78, 5) is 5.14. The molecule has 0 radical (unpaired) electrons. The molecule has 0 bridgehead atoms. The number of unbranched alkanes of at least 4 members (excludes halogenated alkanes) is 1. The zero-order chi connectivity index (χ0) is 13.9. The van der Waals surface area contributed by atoms with E-state index in [0.717, 1.165) is 25.7 Å². The quantitative estimate of drug-likeness (QED) is 0.575. The highest BCUT2D eigenvalue weighted by atomic mass is 16.5. The van der Waals surface area contributed by atoms with Crippen LogP contribution in [0.5, 0.6) is 0 Å². The smallest absolute Gasteiger partial charge is 0.0587 e. The number of hydrogen-bond donors (Lipinski definition) is 1. The molecule has 19 heavy (non-hydrogen) atoms. The van der Waals surface area contributed by atoms with Gasteiger partial charge in [0, 0.05) is 26.2 Å². The monoisotopic (exact) mass is 271 g/mol. The minimum absolute atomic E-state index is 0.801. The Kier molecular flexibility index (Phi) is 9.43. The molecule has 1 heterocycles. The number of methoxy groups -OCH3 is 1. The van der Waals surface area contributed by atoms with Crippen molar-refractivity contribution in [1.82, 2.24) is 15.1 Å². The summed E-state index contributed by atoms with van der Waals surface area (Å²) < 4.78 is 5.01. The lowest BCUT2D eigenvalue weighted by molar-refractivity contribution is 0.194. The third-order valence-corrected chi connectivity index (χ3v) is 4.05. The van der Waals surface area contributed by atoms with E-state index in [-0.39, 0.29) is 0 Å². The predicted molar refractivity (Wildman–Crippen MR) is 81.7 cm³/mol. The third-order valence-electron chi connectivity index (χ3n) is 4.05. The number of hydrogen-bond acceptors (Lipinski definition) is 4. The molecule has 1 N–H and O–H groups in total. The van der Waals surface area contributed by atoms with Gasteiger partial charge in [-0.05, 0) is 58.9 Å². The van der Waals surface area contributed by atoms with Crippen LogP contribution in [0.25, 0.3) is 0 Å². The van der Waals surface area contributed by atoms with Gasteiger partial charge >= 0.3 is 0 Å². The molecule has 1 saturated heterocycles. The molecule has 0 aromatic rings. The van der Waals surface area contributed by atoms with E-state index in [0.29, 0.717) is 0 Å². The van der Waals surface area contributed by atoms with Crippen molar-refractivity contribution in [1.29, 1.82) is 0 Å². The van der Waals surface area contributed by atoms with Gasteiger partial charge in [-0.3, -0.25) is 4.90 Å². The molecule has 0 aromatic carbocycles. The van der Waals surface area contributed by atoms with Gasteiger partial charge in [0.25, 0.3) is 0 Å². The first kappa shape index (κ1) is 16.9. The molecular formula is C15H33N3O. The van der Waals surface area contributed by atoms with Crippen molar-refractivity contribution in [2.75, 3.05) is 60.0 Å². The Bertz CT molecular complexity index is 214. The SMILES string of the molecule is CCN1CCCC1CN(C)CCCCNCCOC. The maximum absolute atomic E-state index is 5.01. The van der Waals surface area contributed by atoms with Crippen LogP contribution in [-0.4, -0.2) is 75.9 Å². The van der Waals surface area contributed by atoms with E-state index in [1.807, 2.05) is 0 Å². The summed E-state index contributed by atoms with van der Waals surface area (Å²) in [5.41, 5.74) is 0. The van der Waals surface area contributed by atoms with Crippen molar-refractivity contribution in [2.24, 2.45) is 0 Å². The highest BCUT2D eigenvalue weighted by Gasteiger charge is 2.23. The summed E-state index contributed by atoms with van der Waals surface area (Å²) in [7, 11) is 4.02. The fraction of sp³-hybridized carbons (Fsp3) is 1.00. The molecule has 1 rings (SSSR count). The minimum Gasteiger partial charge on any atom is -0.383 e. The standard InChI is InChI=1S/C15H33N3O/c1-4-18-12-7-8-15(18)14-17(2)11-6-5-9-16-10-13-19-3/h15-16H,4-14H2,1-3H3. The van der Waals surface area contributed by atoms with Gasteiger partial charge in [0.2, 0.25) is 0 Å². The summed E-state index contributed by atoms with van der Waals surface area (Å²) in [5.74, 6) is 0. The van der Waals surface area contributed by atoms with Gasteiger partial charge in [-0.25, -0.2) is 0 Å². The number of ether oxygens (including phenoxy) is 1. The van der Waals surface area contributed by atoms with Crippen LogP contribution in [0.3, 0.4) is 0 Å². The number of nitrogens with zero attached hydrogens (tertiary/aromatic N) is 2. The fourth-order valence-corrected chi connectivity index (χ4v) is 2.90. The predicted octanol–water partition coefficient (Wildman–Crippen LogP) is 1.42. The van der Waals surface area contributed by atoms with Gasteiger partial charge in [-0.2, -0.15) is 0 Å². The van der Waals surface area contributed by atoms with Crippen molar-refractivity contribution in [3.63, 3.8) is 0 Å². The van der Waals surface area contributed by atoms with Crippen molar-refractivity contribution in [3.8, 4) is 0 Å². The van der Waals surface area contributed by atoms with Crippen LogP contribution >= 0.6 is 0 Å². The van der Waals surface area contributed by atoms with Crippen molar-refractivity contribution in [2.45, 2.75) is 38.6 Å². The summed E-state index contributed by atoms with van der Waals surface area (Å²) in [6.07, 6.45) is 5.32. The van der Waals surface area contributed by atoms with Crippen molar-refractivity contribution in [3.05, 3.63) is 0 Å². The van der Waals surface area contributed by atoms with Gasteiger partial charge in [-0.15, -0.1) is 0 Å². The topological polar surface area (TPSA) is 27.7 Å². The minimum atomic E-state index is 0.801. The van der Waals surface area contributed by atoms with Crippen LogP contribution in [0, 0.1) is 0 Å². The Hall–Kier alpha value is -0.160. The highest BCUT2D eigenvalue weighted by Crippen LogP contribution is 2.17. The third kappa shape index (κ3) is 7.25. The molecule has 0 spiro atoms. The lowest BCUT2D eigenvalue weighted by atomic mass is 10.2. The second kappa shape index (κ2) is 10.6. The number of rotatable bonds is 11. The first-order valence-corrected chi connectivity index (χ1v) is 7.90. The van der Waals surface area contributed by atoms with Crippen LogP contribution in [0.15, 0.2) is 0 Å². The lowest BCUT2D eigenvalue weighted by Gasteiger charge is -2.27. The van der Waals surface area contributed by atoms with Crippen LogP contribution < -0.4 is 5.32 Å². The first-order valence-electron chi connectivity index (χ1n) is 7.90. The normalized spacial score (nSPS) is 20.5. The lowest BCUT2D eigenvalue weighted by Crippen LogP contribution is -2.39. The second-order valence-electron chi connectivity index (χ2n) is 5.64. The summed E-state index contributed by atoms with van der Waals surface area (Å²) >= 11 is 0. The van der Waals surface area contributed by atoms with Gasteiger partial charge in [0.15, 0.2) is 0 Å². The fourth-order valence-electron chi connectivity index (χ4n) is 2.90. The molecule has 1 aliphatic rings. The van der Waals surface area contributed by atoms with Gasteiger partial charge in [-0.1, -0.05) is 6.92 Å². The van der Waals surface area contributed by atoms with E-state index < -0.39 is 0 Å². The van der Waals surface area contributed by atoms with E-state index in [9.17, 15) is 0 Å². The zero-order valence-corrected chi connectivity index (χ0v) is 13.2. The zero-order valence-electron chi connectivity index (χ0n) is 13.2. The number of likely N-dealkylation sites (tertiary alicyclic amines) is 1. The Morgan fingerprint density at radius 3 is 2.89 bits per heavy atom. The Morgan fingerprint density at radius 1 is 1.32 bits per heavy atom. The molecule has 0 aliphatic carbocycles. The molecule has 4 nitrogen and oxygen atoms in total. The average molecular weight is 271 g/mol. The Labute approximate surface area is 119 Å². The van der Waals surface area contributed by atoms with Crippen LogP contribution in [0.4, 0.5) is 0 Å². The highest BCUT2D eigenvalue weighted by molar-refractivity contribution is 4.80. The van der Waals surface area contributed by atoms with Crippen molar-refractivity contribution < 1.29 is 4.74 Å². The van der Waals surface area contributed by atoms with E-state index in [1.54, 1.807) is 7.11 Å². The van der Waals surface area contributed by atoms with Crippen LogP contribution in [0.2, 0.25) is 0 Å². The molecule has 4 heteroatoms. The largest absolute Gasteiger partial charge is 0.383 e. The second-order valence-corrected chi connectivity index (χ2v) is 5.64. The van der Waals surface area contributed by atoms with E-state index in [4.69, 9.17) is 4.74 Å². The molecule has 0 amide bonds. The van der Waals surface area contributed by atoms with E-state index in [2.05, 4.69) is 29.1 Å². The molecule has 1 aliphatic heterocycles. The van der Waals surface area contributed by atoms with E-state index in [1.165, 1.54) is 51.9 Å². The van der Waals surface area contributed by atoms with Crippen molar-refractivity contribution >= 4 is 0 Å². The molecule has 1 fully saturated rings. The summed E-state index contributed by atoms with van der Waals surface area (Å²) in [6.45, 7) is 10.2. The van der Waals surface area contributed by atoms with Gasteiger partial charge in [0.05, 0.1) is 6.61 Å².